The maximum absolute atomic E-state index is 12.0. The lowest BCUT2D eigenvalue weighted by atomic mass is 9.97. The SMILES string of the molecule is CCCCCCCCCCCCCCCC(=O)N[C@H]1C(O)O[C@H](CO)[C@@H](O)[C@@H]1O. The highest BCUT2D eigenvalue weighted by Gasteiger charge is 2.44. The number of rotatable bonds is 16. The van der Waals surface area contributed by atoms with E-state index in [0.29, 0.717) is 6.42 Å². The normalized spacial score (nSPS) is 27.1. The van der Waals surface area contributed by atoms with Crippen LogP contribution in [-0.2, 0) is 9.53 Å². The van der Waals surface area contributed by atoms with Crippen LogP contribution in [0, 0.1) is 0 Å². The number of carbonyl (C=O) groups excluding carboxylic acids is 1. The molecule has 0 spiro atoms. The first-order valence-electron chi connectivity index (χ1n) is 11.6. The number of amides is 1. The highest BCUT2D eigenvalue weighted by atomic mass is 16.6. The van der Waals surface area contributed by atoms with Crippen LogP contribution in [-0.4, -0.2) is 63.6 Å². The third-order valence-corrected chi connectivity index (χ3v) is 5.74. The molecule has 1 fully saturated rings. The number of unbranched alkanes of at least 4 members (excludes halogenated alkanes) is 12. The molecule has 7 heteroatoms. The Labute approximate surface area is 175 Å². The first kappa shape index (κ1) is 26.3. The second kappa shape index (κ2) is 16.0. The maximum atomic E-state index is 12.0. The second-order valence-corrected chi connectivity index (χ2v) is 8.31. The van der Waals surface area contributed by atoms with Crippen LogP contribution in [0.25, 0.3) is 0 Å². The van der Waals surface area contributed by atoms with Crippen LogP contribution < -0.4 is 5.32 Å². The lowest BCUT2D eigenvalue weighted by Gasteiger charge is -2.40. The summed E-state index contributed by atoms with van der Waals surface area (Å²) >= 11 is 0. The topological polar surface area (TPSA) is 119 Å². The van der Waals surface area contributed by atoms with Crippen molar-refractivity contribution in [3.8, 4) is 0 Å². The van der Waals surface area contributed by atoms with E-state index in [9.17, 15) is 20.1 Å². The molecule has 172 valence electrons. The Hall–Kier alpha value is -0.730. The van der Waals surface area contributed by atoms with Gasteiger partial charge in [-0.2, -0.15) is 0 Å². The van der Waals surface area contributed by atoms with Crippen LogP contribution >= 0.6 is 0 Å². The van der Waals surface area contributed by atoms with Gasteiger partial charge in [0.1, 0.15) is 24.4 Å². The maximum Gasteiger partial charge on any atom is 0.220 e. The van der Waals surface area contributed by atoms with Gasteiger partial charge in [-0.1, -0.05) is 84.0 Å². The van der Waals surface area contributed by atoms with Gasteiger partial charge in [-0.25, -0.2) is 0 Å². The van der Waals surface area contributed by atoms with Gasteiger partial charge in [0.15, 0.2) is 6.29 Å². The van der Waals surface area contributed by atoms with Crippen LogP contribution in [0.1, 0.15) is 96.8 Å². The zero-order valence-electron chi connectivity index (χ0n) is 18.1. The van der Waals surface area contributed by atoms with Gasteiger partial charge in [0.2, 0.25) is 5.91 Å². The molecule has 1 saturated heterocycles. The molecular weight excluding hydrogens is 374 g/mol. The summed E-state index contributed by atoms with van der Waals surface area (Å²) in [4.78, 5) is 12.0. The van der Waals surface area contributed by atoms with Crippen LogP contribution in [0.2, 0.25) is 0 Å². The van der Waals surface area contributed by atoms with E-state index >= 15 is 0 Å². The molecule has 29 heavy (non-hydrogen) atoms. The first-order valence-corrected chi connectivity index (χ1v) is 11.6. The van der Waals surface area contributed by atoms with E-state index in [0.717, 1.165) is 19.3 Å². The van der Waals surface area contributed by atoms with Crippen molar-refractivity contribution in [2.75, 3.05) is 6.61 Å². The Morgan fingerprint density at radius 3 is 1.76 bits per heavy atom. The number of carbonyl (C=O) groups is 1. The lowest BCUT2D eigenvalue weighted by Crippen LogP contribution is -2.64. The van der Waals surface area contributed by atoms with Crippen molar-refractivity contribution in [2.24, 2.45) is 0 Å². The number of hydrogen-bond donors (Lipinski definition) is 5. The molecule has 0 aliphatic carbocycles. The standard InChI is InChI=1S/C22H43NO6/c1-2-3-4-5-6-7-8-9-10-11-12-13-14-15-18(25)23-19-21(27)20(26)17(16-24)29-22(19)28/h17,19-22,24,26-28H,2-16H2,1H3,(H,23,25)/t17-,19-,20-,21-,22?/m1/s1. The van der Waals surface area contributed by atoms with Gasteiger partial charge in [-0.15, -0.1) is 0 Å². The first-order chi connectivity index (χ1) is 14.0. The van der Waals surface area contributed by atoms with E-state index in [1.165, 1.54) is 64.2 Å². The number of aliphatic hydroxyl groups is 4. The molecule has 0 radical (unpaired) electrons. The highest BCUT2D eigenvalue weighted by Crippen LogP contribution is 2.20. The van der Waals surface area contributed by atoms with Gasteiger partial charge in [-0.05, 0) is 6.42 Å². The molecule has 5 atom stereocenters. The van der Waals surface area contributed by atoms with Crippen molar-refractivity contribution in [3.05, 3.63) is 0 Å². The summed E-state index contributed by atoms with van der Waals surface area (Å²) in [6.07, 6.45) is 11.1. The summed E-state index contributed by atoms with van der Waals surface area (Å²) in [5.41, 5.74) is 0. The molecule has 0 aromatic rings. The molecule has 7 nitrogen and oxygen atoms in total. The quantitative estimate of drug-likeness (QED) is 0.246. The van der Waals surface area contributed by atoms with E-state index in [2.05, 4.69) is 12.2 Å². The molecule has 0 aromatic carbocycles. The summed E-state index contributed by atoms with van der Waals surface area (Å²) in [6.45, 7) is 1.72. The molecule has 1 amide bonds. The number of nitrogens with one attached hydrogen (secondary N) is 1. The van der Waals surface area contributed by atoms with Gasteiger partial charge >= 0.3 is 0 Å². The predicted octanol–water partition coefficient (Wildman–Crippen LogP) is 2.38. The van der Waals surface area contributed by atoms with E-state index in [1.807, 2.05) is 0 Å². The van der Waals surface area contributed by atoms with E-state index in [4.69, 9.17) is 9.84 Å². The van der Waals surface area contributed by atoms with Crippen molar-refractivity contribution in [1.29, 1.82) is 0 Å². The smallest absolute Gasteiger partial charge is 0.220 e. The van der Waals surface area contributed by atoms with Gasteiger partial charge in [0.05, 0.1) is 6.61 Å². The molecule has 0 saturated carbocycles. The van der Waals surface area contributed by atoms with Crippen LogP contribution in [0.3, 0.4) is 0 Å². The van der Waals surface area contributed by atoms with Crippen molar-refractivity contribution in [1.82, 2.24) is 5.32 Å². The Morgan fingerprint density at radius 2 is 1.28 bits per heavy atom. The second-order valence-electron chi connectivity index (χ2n) is 8.31. The van der Waals surface area contributed by atoms with Gasteiger partial charge in [0, 0.05) is 6.42 Å². The molecular formula is C22H43NO6. The largest absolute Gasteiger partial charge is 0.394 e. The molecule has 1 aliphatic rings. The molecule has 1 aliphatic heterocycles. The van der Waals surface area contributed by atoms with Crippen LogP contribution in [0.4, 0.5) is 0 Å². The molecule has 1 rings (SSSR count). The number of aliphatic hydroxyl groups excluding tert-OH is 4. The van der Waals surface area contributed by atoms with Gasteiger partial charge in [0.25, 0.3) is 0 Å². The van der Waals surface area contributed by atoms with Crippen molar-refractivity contribution in [3.63, 3.8) is 0 Å². The average Bonchev–Trinajstić information content (AvgIpc) is 2.71. The van der Waals surface area contributed by atoms with Crippen molar-refractivity contribution >= 4 is 5.91 Å². The Balaban J connectivity index is 2.00. The summed E-state index contributed by atoms with van der Waals surface area (Å²) in [5.74, 6) is -0.283. The average molecular weight is 418 g/mol. The number of hydrogen-bond acceptors (Lipinski definition) is 6. The fraction of sp³-hybridized carbons (Fsp3) is 0.955. The predicted molar refractivity (Wildman–Crippen MR) is 112 cm³/mol. The molecule has 0 bridgehead atoms. The van der Waals surface area contributed by atoms with Gasteiger partial charge in [-0.3, -0.25) is 4.79 Å². The minimum Gasteiger partial charge on any atom is -0.394 e. The fourth-order valence-electron chi connectivity index (χ4n) is 3.81. The zero-order chi connectivity index (χ0) is 21.5. The third-order valence-electron chi connectivity index (χ3n) is 5.74. The van der Waals surface area contributed by atoms with Crippen LogP contribution in [0.5, 0.6) is 0 Å². The fourth-order valence-corrected chi connectivity index (χ4v) is 3.81. The summed E-state index contributed by atoms with van der Waals surface area (Å²) in [7, 11) is 0. The van der Waals surface area contributed by atoms with E-state index < -0.39 is 37.3 Å². The van der Waals surface area contributed by atoms with E-state index in [1.54, 1.807) is 0 Å². The van der Waals surface area contributed by atoms with Crippen molar-refractivity contribution < 1.29 is 30.0 Å². The summed E-state index contributed by atoms with van der Waals surface area (Å²) < 4.78 is 5.03. The monoisotopic (exact) mass is 417 g/mol. The molecule has 0 aromatic heterocycles. The Bertz CT molecular complexity index is 422. The lowest BCUT2D eigenvalue weighted by molar-refractivity contribution is -0.253. The minimum absolute atomic E-state index is 0.283. The third kappa shape index (κ3) is 10.7. The Morgan fingerprint density at radius 1 is 0.793 bits per heavy atom. The van der Waals surface area contributed by atoms with E-state index in [-0.39, 0.29) is 5.91 Å². The summed E-state index contributed by atoms with van der Waals surface area (Å²) in [5, 5.41) is 41.3. The summed E-state index contributed by atoms with van der Waals surface area (Å²) in [6, 6.07) is -1.10. The molecule has 1 heterocycles. The van der Waals surface area contributed by atoms with Gasteiger partial charge < -0.3 is 30.5 Å². The molecule has 1 unspecified atom stereocenters. The minimum atomic E-state index is -1.46. The highest BCUT2D eigenvalue weighted by molar-refractivity contribution is 5.76. The molecule has 5 N–H and O–H groups in total. The van der Waals surface area contributed by atoms with Crippen molar-refractivity contribution in [2.45, 2.75) is 127 Å². The zero-order valence-corrected chi connectivity index (χ0v) is 18.1. The Kier molecular flexibility index (Phi) is 14.5. The number of ether oxygens (including phenoxy) is 1. The van der Waals surface area contributed by atoms with Crippen LogP contribution in [0.15, 0.2) is 0 Å².